The Morgan fingerprint density at radius 1 is 1.36 bits per heavy atom. The summed E-state index contributed by atoms with van der Waals surface area (Å²) in [7, 11) is -3.59. The van der Waals surface area contributed by atoms with Gasteiger partial charge in [-0.1, -0.05) is 0 Å². The van der Waals surface area contributed by atoms with Crippen LogP contribution in [0.2, 0.25) is 0 Å². The summed E-state index contributed by atoms with van der Waals surface area (Å²) in [5.74, 6) is 0. The Hall–Kier alpha value is -0.690. The summed E-state index contributed by atoms with van der Waals surface area (Å²) < 4.78 is 22.7. The lowest BCUT2D eigenvalue weighted by molar-refractivity contribution is 0.598. The van der Waals surface area contributed by atoms with Crippen LogP contribution in [0.3, 0.4) is 0 Å². The van der Waals surface area contributed by atoms with Crippen molar-refractivity contribution < 1.29 is 8.42 Å². The number of hydrogen-bond acceptors (Lipinski definition) is 4. The van der Waals surface area contributed by atoms with Gasteiger partial charge in [-0.25, -0.2) is 18.5 Å². The predicted octanol–water partition coefficient (Wildman–Crippen LogP) is 1.37. The number of hydrogen-bond donors (Lipinski definition) is 1. The Balaban J connectivity index is 0.000000980. The van der Waals surface area contributed by atoms with Crippen molar-refractivity contribution in [1.29, 1.82) is 0 Å². The standard InChI is InChI=1S/C7H6N2O2S2.ClH/c8-13(10,11)5-1-2-6-7(3-5)12-4-9-6;/h1-4H,(H2,8,10,11);1H. The van der Waals surface area contributed by atoms with E-state index in [2.05, 4.69) is 4.98 Å². The maximum Gasteiger partial charge on any atom is 0.238 e. The van der Waals surface area contributed by atoms with E-state index >= 15 is 0 Å². The van der Waals surface area contributed by atoms with Crippen molar-refractivity contribution in [3.8, 4) is 0 Å². The Morgan fingerprint density at radius 2 is 2.07 bits per heavy atom. The number of aromatic nitrogens is 1. The molecule has 0 aliphatic carbocycles. The van der Waals surface area contributed by atoms with Crippen LogP contribution in [0, 0.1) is 0 Å². The molecule has 4 nitrogen and oxygen atoms in total. The zero-order valence-electron chi connectivity index (χ0n) is 6.88. The van der Waals surface area contributed by atoms with Crippen LogP contribution in [0.25, 0.3) is 10.2 Å². The summed E-state index contributed by atoms with van der Waals surface area (Å²) in [4.78, 5) is 4.15. The number of fused-ring (bicyclic) bond motifs is 1. The van der Waals surface area contributed by atoms with Gasteiger partial charge in [0.15, 0.2) is 0 Å². The van der Waals surface area contributed by atoms with Crippen LogP contribution in [-0.4, -0.2) is 13.4 Å². The van der Waals surface area contributed by atoms with E-state index in [1.807, 2.05) is 0 Å². The molecule has 0 spiro atoms. The van der Waals surface area contributed by atoms with Crippen LogP contribution in [-0.2, 0) is 10.0 Å². The number of thiazole rings is 1. The normalized spacial score (nSPS) is 11.2. The van der Waals surface area contributed by atoms with Crippen LogP contribution in [0.4, 0.5) is 0 Å². The molecule has 0 amide bonds. The summed E-state index contributed by atoms with van der Waals surface area (Å²) in [5, 5.41) is 4.97. The summed E-state index contributed by atoms with van der Waals surface area (Å²) in [6.07, 6.45) is 0. The van der Waals surface area contributed by atoms with Gasteiger partial charge in [0.05, 0.1) is 20.6 Å². The molecule has 1 aromatic carbocycles. The highest BCUT2D eigenvalue weighted by Gasteiger charge is 2.08. The van der Waals surface area contributed by atoms with E-state index in [1.165, 1.54) is 23.5 Å². The average molecular weight is 251 g/mol. The second-order valence-corrected chi connectivity index (χ2v) is 4.97. The summed E-state index contributed by atoms with van der Waals surface area (Å²) in [6.45, 7) is 0. The minimum Gasteiger partial charge on any atom is -0.245 e. The molecule has 1 aromatic heterocycles. The highest BCUT2D eigenvalue weighted by molar-refractivity contribution is 7.89. The van der Waals surface area contributed by atoms with Crippen molar-refractivity contribution in [3.05, 3.63) is 23.7 Å². The first kappa shape index (κ1) is 11.4. The minimum absolute atomic E-state index is 0. The first-order valence-corrected chi connectivity index (χ1v) is 5.86. The third-order valence-corrected chi connectivity index (χ3v) is 3.33. The Labute approximate surface area is 91.2 Å². The van der Waals surface area contributed by atoms with Gasteiger partial charge in [0.2, 0.25) is 10.0 Å². The lowest BCUT2D eigenvalue weighted by Crippen LogP contribution is -2.11. The molecule has 2 aromatic rings. The summed E-state index contributed by atoms with van der Waals surface area (Å²) >= 11 is 1.39. The second-order valence-electron chi connectivity index (χ2n) is 2.53. The highest BCUT2D eigenvalue weighted by atomic mass is 35.5. The van der Waals surface area contributed by atoms with E-state index < -0.39 is 10.0 Å². The lowest BCUT2D eigenvalue weighted by Gasteiger charge is -1.95. The smallest absolute Gasteiger partial charge is 0.238 e. The fourth-order valence-corrected chi connectivity index (χ4v) is 2.34. The molecule has 0 aliphatic heterocycles. The maximum absolute atomic E-state index is 11.0. The van der Waals surface area contributed by atoms with Crippen LogP contribution >= 0.6 is 23.7 Å². The van der Waals surface area contributed by atoms with E-state index in [1.54, 1.807) is 11.6 Å². The molecule has 0 fully saturated rings. The number of nitrogens with zero attached hydrogens (tertiary/aromatic N) is 1. The van der Waals surface area contributed by atoms with Crippen molar-refractivity contribution in [2.75, 3.05) is 0 Å². The van der Waals surface area contributed by atoms with Crippen molar-refractivity contribution >= 4 is 44.0 Å². The van der Waals surface area contributed by atoms with Gasteiger partial charge < -0.3 is 0 Å². The first-order chi connectivity index (χ1) is 6.07. The molecule has 1 heterocycles. The van der Waals surface area contributed by atoms with Crippen LogP contribution < -0.4 is 5.14 Å². The fourth-order valence-electron chi connectivity index (χ4n) is 1.01. The lowest BCUT2D eigenvalue weighted by atomic mass is 10.3. The molecule has 2 N–H and O–H groups in total. The molecule has 0 unspecified atom stereocenters. The average Bonchev–Trinajstić information content (AvgIpc) is 2.47. The predicted molar refractivity (Wildman–Crippen MR) is 58.2 cm³/mol. The fraction of sp³-hybridized carbons (Fsp3) is 0. The van der Waals surface area contributed by atoms with Gasteiger partial charge in [0, 0.05) is 0 Å². The molecular formula is C7H7ClN2O2S2. The maximum atomic E-state index is 11.0. The number of primary sulfonamides is 1. The van der Waals surface area contributed by atoms with Crippen LogP contribution in [0.15, 0.2) is 28.6 Å². The zero-order valence-corrected chi connectivity index (χ0v) is 9.32. The van der Waals surface area contributed by atoms with E-state index in [0.29, 0.717) is 0 Å². The van der Waals surface area contributed by atoms with Crippen molar-refractivity contribution in [2.45, 2.75) is 4.90 Å². The third kappa shape index (κ3) is 2.03. The summed E-state index contributed by atoms with van der Waals surface area (Å²) in [6, 6.07) is 4.63. The largest absolute Gasteiger partial charge is 0.245 e. The van der Waals surface area contributed by atoms with E-state index in [4.69, 9.17) is 5.14 Å². The first-order valence-electron chi connectivity index (χ1n) is 3.43. The topological polar surface area (TPSA) is 73.1 Å². The Kier molecular flexibility index (Phi) is 3.10. The molecule has 2 rings (SSSR count). The number of halogens is 1. The van der Waals surface area contributed by atoms with Crippen LogP contribution in [0.1, 0.15) is 0 Å². The van der Waals surface area contributed by atoms with Gasteiger partial charge in [-0.15, -0.1) is 23.7 Å². The van der Waals surface area contributed by atoms with Crippen LogP contribution in [0.5, 0.6) is 0 Å². The number of benzene rings is 1. The molecule has 7 heteroatoms. The zero-order chi connectivity index (χ0) is 9.47. The van der Waals surface area contributed by atoms with Crippen molar-refractivity contribution in [2.24, 2.45) is 5.14 Å². The Bertz CT molecular complexity index is 550. The quantitative estimate of drug-likeness (QED) is 0.831. The van der Waals surface area contributed by atoms with Gasteiger partial charge in [-0.05, 0) is 18.2 Å². The molecular weight excluding hydrogens is 244 g/mol. The number of rotatable bonds is 1. The molecule has 0 atom stereocenters. The highest BCUT2D eigenvalue weighted by Crippen LogP contribution is 2.20. The van der Waals surface area contributed by atoms with Gasteiger partial charge in [0.25, 0.3) is 0 Å². The molecule has 0 aliphatic rings. The number of nitrogens with two attached hydrogens (primary N) is 1. The number of sulfonamides is 1. The third-order valence-electron chi connectivity index (χ3n) is 1.63. The molecule has 14 heavy (non-hydrogen) atoms. The minimum atomic E-state index is -3.59. The summed E-state index contributed by atoms with van der Waals surface area (Å²) in [5.41, 5.74) is 2.45. The van der Waals surface area contributed by atoms with E-state index in [-0.39, 0.29) is 17.3 Å². The molecule has 0 radical (unpaired) electrons. The van der Waals surface area contributed by atoms with E-state index in [9.17, 15) is 8.42 Å². The molecule has 0 bridgehead atoms. The molecule has 0 saturated carbocycles. The SMILES string of the molecule is Cl.NS(=O)(=O)c1ccc2ncsc2c1. The van der Waals surface area contributed by atoms with Gasteiger partial charge >= 0.3 is 0 Å². The monoisotopic (exact) mass is 250 g/mol. The second kappa shape index (κ2) is 3.82. The van der Waals surface area contributed by atoms with E-state index in [0.717, 1.165) is 10.2 Å². The van der Waals surface area contributed by atoms with Crippen molar-refractivity contribution in [1.82, 2.24) is 4.98 Å². The molecule has 76 valence electrons. The van der Waals surface area contributed by atoms with Crippen molar-refractivity contribution in [3.63, 3.8) is 0 Å². The Morgan fingerprint density at radius 3 is 2.71 bits per heavy atom. The molecule has 0 saturated heterocycles. The van der Waals surface area contributed by atoms with Gasteiger partial charge in [0.1, 0.15) is 0 Å². The van der Waals surface area contributed by atoms with Gasteiger partial charge in [-0.2, -0.15) is 0 Å². The van der Waals surface area contributed by atoms with Gasteiger partial charge in [-0.3, -0.25) is 0 Å².